The molecular formula is C19H25NO2. The summed E-state index contributed by atoms with van der Waals surface area (Å²) in [5, 5.41) is 0. The lowest BCUT2D eigenvalue weighted by Gasteiger charge is -2.42. The second kappa shape index (κ2) is 7.78. The number of methoxy groups -OCH3 is 1. The minimum atomic E-state index is 0.569. The van der Waals surface area contributed by atoms with Gasteiger partial charge in [0.1, 0.15) is 0 Å². The molecule has 4 rings (SSSR count). The molecule has 1 unspecified atom stereocenters. The number of rotatable bonds is 5. The van der Waals surface area contributed by atoms with Crippen LogP contribution in [0.2, 0.25) is 0 Å². The van der Waals surface area contributed by atoms with Crippen molar-refractivity contribution in [2.24, 2.45) is 11.8 Å². The van der Waals surface area contributed by atoms with E-state index in [1.807, 2.05) is 0 Å². The zero-order valence-corrected chi connectivity index (χ0v) is 13.4. The summed E-state index contributed by atoms with van der Waals surface area (Å²) in [5.41, 5.74) is 2.29. The molecule has 1 atom stereocenters. The molecule has 3 heterocycles. The number of benzene rings is 1. The highest BCUT2D eigenvalue weighted by Crippen LogP contribution is 2.31. The SMILES string of the molecule is COCCOCc1ccc(C#CC2CN3CCC2CC3)cc1. The van der Waals surface area contributed by atoms with Crippen LogP contribution in [0.3, 0.4) is 0 Å². The van der Waals surface area contributed by atoms with E-state index in [0.29, 0.717) is 25.7 Å². The van der Waals surface area contributed by atoms with Crippen molar-refractivity contribution >= 4 is 0 Å². The van der Waals surface area contributed by atoms with Gasteiger partial charge >= 0.3 is 0 Å². The van der Waals surface area contributed by atoms with Crippen LogP contribution in [0, 0.1) is 23.7 Å². The predicted molar refractivity (Wildman–Crippen MR) is 87.5 cm³/mol. The van der Waals surface area contributed by atoms with Gasteiger partial charge in [-0.2, -0.15) is 0 Å². The normalized spacial score (nSPS) is 26.5. The van der Waals surface area contributed by atoms with E-state index in [2.05, 4.69) is 41.0 Å². The summed E-state index contributed by atoms with van der Waals surface area (Å²) in [7, 11) is 1.69. The quantitative estimate of drug-likeness (QED) is 0.616. The van der Waals surface area contributed by atoms with Crippen LogP contribution in [-0.4, -0.2) is 44.9 Å². The van der Waals surface area contributed by atoms with Crippen LogP contribution in [0.25, 0.3) is 0 Å². The minimum absolute atomic E-state index is 0.569. The summed E-state index contributed by atoms with van der Waals surface area (Å²) >= 11 is 0. The van der Waals surface area contributed by atoms with Crippen molar-refractivity contribution < 1.29 is 9.47 Å². The molecule has 22 heavy (non-hydrogen) atoms. The molecule has 3 aliphatic rings. The van der Waals surface area contributed by atoms with Crippen LogP contribution in [0.5, 0.6) is 0 Å². The van der Waals surface area contributed by atoms with Crippen molar-refractivity contribution in [2.75, 3.05) is 40.0 Å². The Labute approximate surface area is 133 Å². The van der Waals surface area contributed by atoms with Gasteiger partial charge in [-0.1, -0.05) is 24.0 Å². The van der Waals surface area contributed by atoms with Crippen LogP contribution in [0.4, 0.5) is 0 Å². The molecule has 3 saturated heterocycles. The molecule has 3 aliphatic heterocycles. The van der Waals surface area contributed by atoms with E-state index >= 15 is 0 Å². The Balaban J connectivity index is 1.52. The van der Waals surface area contributed by atoms with E-state index in [1.165, 1.54) is 38.0 Å². The molecule has 0 spiro atoms. The number of piperidine rings is 3. The van der Waals surface area contributed by atoms with Crippen molar-refractivity contribution in [1.29, 1.82) is 0 Å². The zero-order chi connectivity index (χ0) is 15.2. The first-order valence-electron chi connectivity index (χ1n) is 8.24. The van der Waals surface area contributed by atoms with Gasteiger partial charge in [0, 0.05) is 25.1 Å². The number of ether oxygens (including phenoxy) is 2. The number of hydrogen-bond donors (Lipinski definition) is 0. The van der Waals surface area contributed by atoms with Gasteiger partial charge in [-0.05, 0) is 49.5 Å². The van der Waals surface area contributed by atoms with Gasteiger partial charge in [0.05, 0.1) is 19.8 Å². The third-order valence-electron chi connectivity index (χ3n) is 4.71. The molecule has 0 amide bonds. The topological polar surface area (TPSA) is 21.7 Å². The second-order valence-corrected chi connectivity index (χ2v) is 6.26. The molecule has 0 aromatic heterocycles. The van der Waals surface area contributed by atoms with Gasteiger partial charge in [0.25, 0.3) is 0 Å². The molecule has 2 bridgehead atoms. The van der Waals surface area contributed by atoms with Crippen LogP contribution in [0.1, 0.15) is 24.0 Å². The molecule has 3 fully saturated rings. The summed E-state index contributed by atoms with van der Waals surface area (Å²) in [5.74, 6) is 8.27. The molecule has 1 aromatic carbocycles. The van der Waals surface area contributed by atoms with E-state index in [9.17, 15) is 0 Å². The maximum atomic E-state index is 5.52. The van der Waals surface area contributed by atoms with Gasteiger partial charge in [0.2, 0.25) is 0 Å². The maximum Gasteiger partial charge on any atom is 0.0718 e. The minimum Gasteiger partial charge on any atom is -0.382 e. The van der Waals surface area contributed by atoms with Crippen LogP contribution in [-0.2, 0) is 16.1 Å². The maximum absolute atomic E-state index is 5.52. The monoisotopic (exact) mass is 299 g/mol. The van der Waals surface area contributed by atoms with Crippen molar-refractivity contribution in [3.8, 4) is 11.8 Å². The molecule has 0 aliphatic carbocycles. The number of nitrogens with zero attached hydrogens (tertiary/aromatic N) is 1. The summed E-state index contributed by atoms with van der Waals surface area (Å²) in [6, 6.07) is 8.41. The Kier molecular flexibility index (Phi) is 5.50. The van der Waals surface area contributed by atoms with Gasteiger partial charge in [-0.3, -0.25) is 0 Å². The third-order valence-corrected chi connectivity index (χ3v) is 4.71. The smallest absolute Gasteiger partial charge is 0.0718 e. The van der Waals surface area contributed by atoms with Gasteiger partial charge in [-0.15, -0.1) is 0 Å². The van der Waals surface area contributed by atoms with E-state index in [1.54, 1.807) is 7.11 Å². The van der Waals surface area contributed by atoms with Crippen LogP contribution in [0.15, 0.2) is 24.3 Å². The first kappa shape index (κ1) is 15.6. The van der Waals surface area contributed by atoms with E-state index in [0.717, 1.165) is 11.5 Å². The lowest BCUT2D eigenvalue weighted by atomic mass is 9.79. The van der Waals surface area contributed by atoms with Crippen molar-refractivity contribution in [3.63, 3.8) is 0 Å². The lowest BCUT2D eigenvalue weighted by molar-refractivity contribution is 0.0616. The van der Waals surface area contributed by atoms with Gasteiger partial charge < -0.3 is 14.4 Å². The molecule has 0 saturated carbocycles. The van der Waals surface area contributed by atoms with Crippen molar-refractivity contribution in [2.45, 2.75) is 19.4 Å². The zero-order valence-electron chi connectivity index (χ0n) is 13.4. The van der Waals surface area contributed by atoms with Crippen LogP contribution >= 0.6 is 0 Å². The summed E-state index contributed by atoms with van der Waals surface area (Å²) < 4.78 is 10.5. The molecule has 118 valence electrons. The predicted octanol–water partition coefficient (Wildman–Crippen LogP) is 2.54. The Hall–Kier alpha value is -1.34. The average Bonchev–Trinajstić information content (AvgIpc) is 2.59. The van der Waals surface area contributed by atoms with E-state index in [-0.39, 0.29) is 0 Å². The van der Waals surface area contributed by atoms with E-state index < -0.39 is 0 Å². The highest BCUT2D eigenvalue weighted by molar-refractivity contribution is 5.36. The Bertz CT molecular complexity index is 521. The largest absolute Gasteiger partial charge is 0.382 e. The Morgan fingerprint density at radius 1 is 1.14 bits per heavy atom. The second-order valence-electron chi connectivity index (χ2n) is 6.26. The highest BCUT2D eigenvalue weighted by Gasteiger charge is 2.32. The summed E-state index contributed by atoms with van der Waals surface area (Å²) in [4.78, 5) is 2.56. The number of hydrogen-bond acceptors (Lipinski definition) is 3. The molecule has 0 radical (unpaired) electrons. The molecule has 1 aromatic rings. The molecule has 3 nitrogen and oxygen atoms in total. The first-order valence-corrected chi connectivity index (χ1v) is 8.24. The third kappa shape index (κ3) is 4.10. The molecule has 3 heteroatoms. The van der Waals surface area contributed by atoms with Crippen LogP contribution < -0.4 is 0 Å². The molecular weight excluding hydrogens is 274 g/mol. The fourth-order valence-electron chi connectivity index (χ4n) is 3.32. The van der Waals surface area contributed by atoms with Crippen molar-refractivity contribution in [3.05, 3.63) is 35.4 Å². The fraction of sp³-hybridized carbons (Fsp3) is 0.579. The van der Waals surface area contributed by atoms with Gasteiger partial charge in [0.15, 0.2) is 0 Å². The number of fused-ring (bicyclic) bond motifs is 3. The van der Waals surface area contributed by atoms with E-state index in [4.69, 9.17) is 9.47 Å². The van der Waals surface area contributed by atoms with Gasteiger partial charge in [-0.25, -0.2) is 0 Å². The Morgan fingerprint density at radius 2 is 1.91 bits per heavy atom. The Morgan fingerprint density at radius 3 is 2.55 bits per heavy atom. The molecule has 0 N–H and O–H groups in total. The highest BCUT2D eigenvalue weighted by atomic mass is 16.5. The first-order chi connectivity index (χ1) is 10.8. The standard InChI is InChI=1S/C19H25NO2/c1-21-12-13-22-15-17-4-2-16(3-5-17)6-7-19-14-20-10-8-18(19)9-11-20/h2-5,18-19H,8-15H2,1H3. The average molecular weight is 299 g/mol. The lowest BCUT2D eigenvalue weighted by Crippen LogP contribution is -2.46. The summed E-state index contributed by atoms with van der Waals surface area (Å²) in [6.45, 7) is 5.64. The summed E-state index contributed by atoms with van der Waals surface area (Å²) in [6.07, 6.45) is 2.66. The van der Waals surface area contributed by atoms with Crippen molar-refractivity contribution in [1.82, 2.24) is 4.90 Å². The fourth-order valence-corrected chi connectivity index (χ4v) is 3.32.